The lowest BCUT2D eigenvalue weighted by molar-refractivity contribution is 0.591. The van der Waals surface area contributed by atoms with Crippen molar-refractivity contribution < 1.29 is 17.2 Å². The molecule has 0 heterocycles. The molecule has 0 aromatic heterocycles. The van der Waals surface area contributed by atoms with Crippen molar-refractivity contribution in [2.24, 2.45) is 0 Å². The largest absolute Gasteiger partial charge is 0.399 e. The number of hydrogen-bond acceptors (Lipinski definition) is 3. The lowest BCUT2D eigenvalue weighted by Gasteiger charge is -2.12. The second-order valence-corrected chi connectivity index (χ2v) is 6.48. The number of anilines is 2. The third kappa shape index (κ3) is 3.43. The topological polar surface area (TPSA) is 72.2 Å². The second kappa shape index (κ2) is 5.50. The average molecular weight is 333 g/mol. The molecule has 0 unspecified atom stereocenters. The highest BCUT2D eigenvalue weighted by Gasteiger charge is 2.20. The highest BCUT2D eigenvalue weighted by molar-refractivity contribution is 7.92. The monoisotopic (exact) mass is 332 g/mol. The Hall–Kier alpha value is -1.86. The van der Waals surface area contributed by atoms with Crippen molar-refractivity contribution in [2.45, 2.75) is 11.8 Å². The maximum absolute atomic E-state index is 13.6. The van der Waals surface area contributed by atoms with E-state index in [1.807, 2.05) is 0 Å². The molecule has 112 valence electrons. The van der Waals surface area contributed by atoms with Crippen LogP contribution < -0.4 is 10.5 Å². The first-order valence-corrected chi connectivity index (χ1v) is 7.60. The zero-order chi connectivity index (χ0) is 15.8. The first-order chi connectivity index (χ1) is 9.69. The van der Waals surface area contributed by atoms with Gasteiger partial charge in [-0.1, -0.05) is 11.6 Å². The Balaban J connectivity index is 2.48. The summed E-state index contributed by atoms with van der Waals surface area (Å²) in [6.45, 7) is 1.31. The van der Waals surface area contributed by atoms with Crippen molar-refractivity contribution in [2.75, 3.05) is 10.5 Å². The molecule has 0 fully saturated rings. The van der Waals surface area contributed by atoms with Crippen LogP contribution >= 0.6 is 11.6 Å². The predicted octanol–water partition coefficient (Wildman–Crippen LogP) is 3.31. The van der Waals surface area contributed by atoms with Gasteiger partial charge in [-0.05, 0) is 37.3 Å². The predicted molar refractivity (Wildman–Crippen MR) is 77.8 cm³/mol. The minimum atomic E-state index is -4.12. The third-order valence-electron chi connectivity index (χ3n) is 2.72. The van der Waals surface area contributed by atoms with Gasteiger partial charge in [0.15, 0.2) is 0 Å². The molecule has 0 aliphatic rings. The van der Waals surface area contributed by atoms with Gasteiger partial charge in [0.25, 0.3) is 10.0 Å². The number of nitrogen functional groups attached to an aromatic ring is 1. The highest BCUT2D eigenvalue weighted by Crippen LogP contribution is 2.25. The Labute approximate surface area is 125 Å². The first-order valence-electron chi connectivity index (χ1n) is 5.73. The Bertz CT molecular complexity index is 790. The van der Waals surface area contributed by atoms with Crippen LogP contribution in [-0.2, 0) is 10.0 Å². The molecule has 2 rings (SSSR count). The van der Waals surface area contributed by atoms with Gasteiger partial charge < -0.3 is 5.73 Å². The average Bonchev–Trinajstić information content (AvgIpc) is 2.31. The van der Waals surface area contributed by atoms with Crippen molar-refractivity contribution in [1.82, 2.24) is 0 Å². The molecule has 0 radical (unpaired) electrons. The Morgan fingerprint density at radius 1 is 1.14 bits per heavy atom. The summed E-state index contributed by atoms with van der Waals surface area (Å²) in [6, 6.07) is 5.38. The molecule has 0 amide bonds. The lowest BCUT2D eigenvalue weighted by atomic mass is 10.2. The zero-order valence-corrected chi connectivity index (χ0v) is 12.4. The van der Waals surface area contributed by atoms with Gasteiger partial charge in [0.05, 0.1) is 10.6 Å². The first kappa shape index (κ1) is 15.5. The minimum absolute atomic E-state index is 0.0307. The summed E-state index contributed by atoms with van der Waals surface area (Å²) in [5.74, 6) is -1.44. The summed E-state index contributed by atoms with van der Waals surface area (Å²) in [5.41, 5.74) is 5.27. The summed E-state index contributed by atoms with van der Waals surface area (Å²) in [4.78, 5) is -0.319. The van der Waals surface area contributed by atoms with E-state index in [0.717, 1.165) is 24.3 Å². The van der Waals surface area contributed by atoms with Gasteiger partial charge in [-0.25, -0.2) is 17.2 Å². The van der Waals surface area contributed by atoms with Crippen LogP contribution in [0, 0.1) is 18.6 Å². The van der Waals surface area contributed by atoms with E-state index < -0.39 is 21.7 Å². The molecule has 0 atom stereocenters. The number of sulfonamides is 1. The van der Waals surface area contributed by atoms with E-state index in [1.165, 1.54) is 13.0 Å². The van der Waals surface area contributed by atoms with Gasteiger partial charge in [-0.15, -0.1) is 0 Å². The van der Waals surface area contributed by atoms with Gasteiger partial charge in [-0.3, -0.25) is 4.72 Å². The zero-order valence-electron chi connectivity index (χ0n) is 10.8. The van der Waals surface area contributed by atoms with E-state index in [-0.39, 0.29) is 26.9 Å². The van der Waals surface area contributed by atoms with Crippen molar-refractivity contribution in [3.8, 4) is 0 Å². The maximum atomic E-state index is 13.6. The fraction of sp³-hybridized carbons (Fsp3) is 0.0769. The fourth-order valence-corrected chi connectivity index (χ4v) is 3.33. The van der Waals surface area contributed by atoms with E-state index in [9.17, 15) is 17.2 Å². The summed E-state index contributed by atoms with van der Waals surface area (Å²) >= 11 is 5.65. The quantitative estimate of drug-likeness (QED) is 0.847. The molecule has 2 aromatic rings. The fourth-order valence-electron chi connectivity index (χ4n) is 1.78. The van der Waals surface area contributed by atoms with Crippen LogP contribution in [0.25, 0.3) is 0 Å². The van der Waals surface area contributed by atoms with Crippen molar-refractivity contribution in [1.29, 1.82) is 0 Å². The number of rotatable bonds is 3. The molecule has 0 saturated heterocycles. The highest BCUT2D eigenvalue weighted by atomic mass is 35.5. The number of nitrogens with two attached hydrogens (primary N) is 1. The van der Waals surface area contributed by atoms with E-state index in [0.29, 0.717) is 0 Å². The maximum Gasteiger partial charge on any atom is 0.262 e. The standard InChI is InChI=1S/C13H11ClF2N2O2S/c1-7-12(16)5-10(17)6-13(7)21(19,20)18-11-3-8(14)2-9(15)4-11/h2-6,18H,17H2,1H3. The van der Waals surface area contributed by atoms with Gasteiger partial charge in [0.1, 0.15) is 11.6 Å². The molecule has 2 aromatic carbocycles. The molecule has 0 saturated carbocycles. The molecule has 21 heavy (non-hydrogen) atoms. The van der Waals surface area contributed by atoms with E-state index in [4.69, 9.17) is 17.3 Å². The van der Waals surface area contributed by atoms with Crippen LogP contribution in [0.15, 0.2) is 35.2 Å². The van der Waals surface area contributed by atoms with Crippen LogP contribution in [0.2, 0.25) is 5.02 Å². The summed E-state index contributed by atoms with van der Waals surface area (Å²) in [7, 11) is -4.12. The second-order valence-electron chi connectivity index (χ2n) is 4.39. The summed E-state index contributed by atoms with van der Waals surface area (Å²) in [6.07, 6.45) is 0. The Morgan fingerprint density at radius 3 is 2.43 bits per heavy atom. The summed E-state index contributed by atoms with van der Waals surface area (Å²) in [5, 5.41) is 0.0307. The molecule has 0 bridgehead atoms. The van der Waals surface area contributed by atoms with Gasteiger partial charge in [0.2, 0.25) is 0 Å². The molecular weight excluding hydrogens is 322 g/mol. The minimum Gasteiger partial charge on any atom is -0.399 e. The van der Waals surface area contributed by atoms with Gasteiger partial charge >= 0.3 is 0 Å². The van der Waals surface area contributed by atoms with E-state index in [2.05, 4.69) is 4.72 Å². The van der Waals surface area contributed by atoms with Crippen molar-refractivity contribution >= 4 is 33.0 Å². The smallest absolute Gasteiger partial charge is 0.262 e. The molecule has 8 heteroatoms. The summed E-state index contributed by atoms with van der Waals surface area (Å²) < 4.78 is 53.4. The van der Waals surface area contributed by atoms with Crippen molar-refractivity contribution in [3.63, 3.8) is 0 Å². The van der Waals surface area contributed by atoms with Crippen LogP contribution in [-0.4, -0.2) is 8.42 Å². The molecule has 0 aliphatic carbocycles. The normalized spacial score (nSPS) is 11.4. The van der Waals surface area contributed by atoms with Crippen LogP contribution in [0.5, 0.6) is 0 Å². The molecule has 3 N–H and O–H groups in total. The number of hydrogen-bond donors (Lipinski definition) is 2. The van der Waals surface area contributed by atoms with Crippen molar-refractivity contribution in [3.05, 3.63) is 52.6 Å². The van der Waals surface area contributed by atoms with Gasteiger partial charge in [0, 0.05) is 16.3 Å². The number of halogens is 3. The van der Waals surface area contributed by atoms with Crippen LogP contribution in [0.4, 0.5) is 20.2 Å². The molecular formula is C13H11ClF2N2O2S. The molecule has 4 nitrogen and oxygen atoms in total. The third-order valence-corrected chi connectivity index (χ3v) is 4.45. The van der Waals surface area contributed by atoms with Crippen LogP contribution in [0.3, 0.4) is 0 Å². The number of benzene rings is 2. The SMILES string of the molecule is Cc1c(F)cc(N)cc1S(=O)(=O)Nc1cc(F)cc(Cl)c1. The Morgan fingerprint density at radius 2 is 1.81 bits per heavy atom. The molecule has 0 spiro atoms. The molecule has 0 aliphatic heterocycles. The Kier molecular flexibility index (Phi) is 4.06. The lowest BCUT2D eigenvalue weighted by Crippen LogP contribution is -2.15. The van der Waals surface area contributed by atoms with Crippen LogP contribution in [0.1, 0.15) is 5.56 Å². The van der Waals surface area contributed by atoms with Gasteiger partial charge in [-0.2, -0.15) is 0 Å². The van der Waals surface area contributed by atoms with E-state index >= 15 is 0 Å². The van der Waals surface area contributed by atoms with E-state index in [1.54, 1.807) is 0 Å². The number of nitrogens with one attached hydrogen (secondary N) is 1.